The Morgan fingerprint density at radius 2 is 1.89 bits per heavy atom. The van der Waals surface area contributed by atoms with Crippen molar-refractivity contribution < 1.29 is 9.53 Å². The van der Waals surface area contributed by atoms with E-state index in [1.165, 1.54) is 32.1 Å². The first-order valence-electron chi connectivity index (χ1n) is 7.88. The summed E-state index contributed by atoms with van der Waals surface area (Å²) in [5.41, 5.74) is 0. The molecule has 0 bridgehead atoms. The lowest BCUT2D eigenvalue weighted by Crippen LogP contribution is -2.40. The minimum atomic E-state index is 0.0892. The maximum absolute atomic E-state index is 11.6. The monoisotopic (exact) mass is 270 g/mol. The Kier molecular flexibility index (Phi) is 8.84. The molecule has 19 heavy (non-hydrogen) atoms. The number of rotatable bonds is 9. The summed E-state index contributed by atoms with van der Waals surface area (Å²) in [5, 5.41) is 6.16. The predicted molar refractivity (Wildman–Crippen MR) is 78.2 cm³/mol. The molecule has 1 rings (SSSR count). The molecule has 0 heterocycles. The molecular formula is C15H30N2O2. The molecule has 2 N–H and O–H groups in total. The highest BCUT2D eigenvalue weighted by Crippen LogP contribution is 2.19. The Labute approximate surface area is 117 Å². The van der Waals surface area contributed by atoms with Gasteiger partial charge in [-0.1, -0.05) is 33.1 Å². The summed E-state index contributed by atoms with van der Waals surface area (Å²) in [4.78, 5) is 11.6. The molecule has 1 aliphatic carbocycles. The minimum absolute atomic E-state index is 0.0892. The van der Waals surface area contributed by atoms with Crippen LogP contribution in [0.4, 0.5) is 0 Å². The fraction of sp³-hybridized carbons (Fsp3) is 0.933. The highest BCUT2D eigenvalue weighted by Gasteiger charge is 2.13. The van der Waals surface area contributed by atoms with Crippen molar-refractivity contribution in [1.29, 1.82) is 0 Å². The van der Waals surface area contributed by atoms with Gasteiger partial charge in [-0.15, -0.1) is 0 Å². The van der Waals surface area contributed by atoms with Crippen LogP contribution in [0.2, 0.25) is 0 Å². The van der Waals surface area contributed by atoms with Gasteiger partial charge in [0.1, 0.15) is 0 Å². The average Bonchev–Trinajstić information content (AvgIpc) is 2.45. The minimum Gasteiger partial charge on any atom is -0.377 e. The first-order valence-corrected chi connectivity index (χ1v) is 7.88. The van der Waals surface area contributed by atoms with Gasteiger partial charge < -0.3 is 15.4 Å². The number of hydrogen-bond acceptors (Lipinski definition) is 3. The van der Waals surface area contributed by atoms with Crippen molar-refractivity contribution in [3.8, 4) is 0 Å². The largest absolute Gasteiger partial charge is 0.377 e. The molecule has 112 valence electrons. The molecule has 0 aliphatic heterocycles. The maximum atomic E-state index is 11.6. The van der Waals surface area contributed by atoms with Gasteiger partial charge in [-0.3, -0.25) is 4.79 Å². The quantitative estimate of drug-likeness (QED) is 0.632. The first-order chi connectivity index (χ1) is 9.26. The Morgan fingerprint density at radius 1 is 1.21 bits per heavy atom. The summed E-state index contributed by atoms with van der Waals surface area (Å²) in [6.07, 6.45) is 8.80. The fourth-order valence-corrected chi connectivity index (χ4v) is 2.50. The molecule has 0 saturated heterocycles. The van der Waals surface area contributed by atoms with E-state index in [-0.39, 0.29) is 5.91 Å². The lowest BCUT2D eigenvalue weighted by atomic mass is 9.98. The maximum Gasteiger partial charge on any atom is 0.234 e. The van der Waals surface area contributed by atoms with Crippen molar-refractivity contribution in [3.63, 3.8) is 0 Å². The fourth-order valence-electron chi connectivity index (χ4n) is 2.50. The van der Waals surface area contributed by atoms with Gasteiger partial charge >= 0.3 is 0 Å². The molecule has 0 spiro atoms. The number of carbonyl (C=O) groups excluding carboxylic acids is 1. The number of nitrogens with one attached hydrogen (secondary N) is 2. The van der Waals surface area contributed by atoms with Crippen LogP contribution in [-0.2, 0) is 9.53 Å². The zero-order valence-electron chi connectivity index (χ0n) is 12.5. The Balaban J connectivity index is 1.96. The van der Waals surface area contributed by atoms with Gasteiger partial charge in [0.05, 0.1) is 19.3 Å². The van der Waals surface area contributed by atoms with Crippen molar-refractivity contribution in [2.45, 2.75) is 70.9 Å². The molecule has 4 heteroatoms. The van der Waals surface area contributed by atoms with Gasteiger partial charge in [0.15, 0.2) is 0 Å². The van der Waals surface area contributed by atoms with Crippen molar-refractivity contribution in [3.05, 3.63) is 0 Å². The number of hydrogen-bond donors (Lipinski definition) is 2. The second kappa shape index (κ2) is 10.2. The predicted octanol–water partition coefficient (Wildman–Crippen LogP) is 2.23. The van der Waals surface area contributed by atoms with Crippen LogP contribution in [0.15, 0.2) is 0 Å². The lowest BCUT2D eigenvalue weighted by molar-refractivity contribution is -0.121. The van der Waals surface area contributed by atoms with Crippen LogP contribution in [-0.4, -0.2) is 37.7 Å². The van der Waals surface area contributed by atoms with E-state index < -0.39 is 0 Å². The van der Waals surface area contributed by atoms with Crippen LogP contribution in [0.5, 0.6) is 0 Å². The summed E-state index contributed by atoms with van der Waals surface area (Å²) < 4.78 is 5.79. The normalized spacial score (nSPS) is 16.8. The lowest BCUT2D eigenvalue weighted by Gasteiger charge is -2.22. The van der Waals surface area contributed by atoms with E-state index in [0.717, 1.165) is 19.4 Å². The van der Waals surface area contributed by atoms with E-state index in [0.29, 0.717) is 25.3 Å². The van der Waals surface area contributed by atoms with Crippen LogP contribution < -0.4 is 10.6 Å². The van der Waals surface area contributed by atoms with Crippen LogP contribution in [0.1, 0.15) is 58.8 Å². The van der Waals surface area contributed by atoms with Gasteiger partial charge in [0.2, 0.25) is 5.91 Å². The Bertz CT molecular complexity index is 236. The highest BCUT2D eigenvalue weighted by atomic mass is 16.5. The van der Waals surface area contributed by atoms with E-state index in [2.05, 4.69) is 24.5 Å². The zero-order valence-corrected chi connectivity index (χ0v) is 12.5. The van der Waals surface area contributed by atoms with Gasteiger partial charge in [-0.05, 0) is 25.7 Å². The van der Waals surface area contributed by atoms with Gasteiger partial charge in [0, 0.05) is 12.6 Å². The average molecular weight is 270 g/mol. The van der Waals surface area contributed by atoms with Crippen LogP contribution in [0.3, 0.4) is 0 Å². The standard InChI is InChI=1S/C15H30N2O2/c1-3-13(4-2)17-15(18)12-16-10-11-19-14-8-6-5-7-9-14/h13-14,16H,3-12H2,1-2H3,(H,17,18). The zero-order chi connectivity index (χ0) is 13.9. The van der Waals surface area contributed by atoms with Gasteiger partial charge in [-0.2, -0.15) is 0 Å². The third-order valence-electron chi connectivity index (χ3n) is 3.82. The van der Waals surface area contributed by atoms with Crippen molar-refractivity contribution >= 4 is 5.91 Å². The van der Waals surface area contributed by atoms with E-state index >= 15 is 0 Å². The molecule has 4 nitrogen and oxygen atoms in total. The van der Waals surface area contributed by atoms with Gasteiger partial charge in [0.25, 0.3) is 0 Å². The summed E-state index contributed by atoms with van der Waals surface area (Å²) >= 11 is 0. The molecule has 0 atom stereocenters. The molecule has 1 amide bonds. The van der Waals surface area contributed by atoms with Crippen LogP contribution in [0, 0.1) is 0 Å². The molecule has 0 aromatic heterocycles. The Hall–Kier alpha value is -0.610. The molecule has 1 saturated carbocycles. The van der Waals surface area contributed by atoms with Crippen LogP contribution in [0.25, 0.3) is 0 Å². The molecule has 1 fully saturated rings. The summed E-state index contributed by atoms with van der Waals surface area (Å²) in [6.45, 7) is 6.06. The van der Waals surface area contributed by atoms with Crippen molar-refractivity contribution in [1.82, 2.24) is 10.6 Å². The smallest absolute Gasteiger partial charge is 0.234 e. The molecule has 0 radical (unpaired) electrons. The topological polar surface area (TPSA) is 50.4 Å². The van der Waals surface area contributed by atoms with Crippen molar-refractivity contribution in [2.75, 3.05) is 19.7 Å². The third kappa shape index (κ3) is 7.53. The van der Waals surface area contributed by atoms with Crippen molar-refractivity contribution in [2.24, 2.45) is 0 Å². The van der Waals surface area contributed by atoms with E-state index in [1.807, 2.05) is 0 Å². The molecule has 0 unspecified atom stereocenters. The van der Waals surface area contributed by atoms with E-state index in [9.17, 15) is 4.79 Å². The summed E-state index contributed by atoms with van der Waals surface area (Å²) in [7, 11) is 0. The molecule has 1 aliphatic rings. The second-order valence-electron chi connectivity index (χ2n) is 5.39. The molecular weight excluding hydrogens is 240 g/mol. The van der Waals surface area contributed by atoms with Gasteiger partial charge in [-0.25, -0.2) is 0 Å². The van der Waals surface area contributed by atoms with Crippen LogP contribution >= 0.6 is 0 Å². The highest BCUT2D eigenvalue weighted by molar-refractivity contribution is 5.78. The summed E-state index contributed by atoms with van der Waals surface area (Å²) in [6, 6.07) is 0.313. The molecule has 0 aromatic rings. The third-order valence-corrected chi connectivity index (χ3v) is 3.82. The number of ether oxygens (including phenoxy) is 1. The summed E-state index contributed by atoms with van der Waals surface area (Å²) in [5.74, 6) is 0.0892. The van der Waals surface area contributed by atoms with E-state index in [1.54, 1.807) is 0 Å². The number of carbonyl (C=O) groups is 1. The second-order valence-corrected chi connectivity index (χ2v) is 5.39. The Morgan fingerprint density at radius 3 is 2.53 bits per heavy atom. The number of amides is 1. The first kappa shape index (κ1) is 16.4. The van der Waals surface area contributed by atoms with E-state index in [4.69, 9.17) is 4.74 Å². The SMILES string of the molecule is CCC(CC)NC(=O)CNCCOC1CCCCC1. The molecule has 0 aromatic carbocycles.